The second kappa shape index (κ2) is 10.2. The van der Waals surface area contributed by atoms with Crippen molar-refractivity contribution in [3.8, 4) is 0 Å². The quantitative estimate of drug-likeness (QED) is 0.629. The number of nitrogens with zero attached hydrogens (tertiary/aromatic N) is 2. The Morgan fingerprint density at radius 3 is 2.25 bits per heavy atom. The van der Waals surface area contributed by atoms with Crippen LogP contribution >= 0.6 is 0 Å². The molecule has 0 atom stereocenters. The highest BCUT2D eigenvalue weighted by atomic mass is 16.5. The van der Waals surface area contributed by atoms with Gasteiger partial charge in [-0.1, -0.05) is 0 Å². The maximum Gasteiger partial charge on any atom is 0.314 e. The van der Waals surface area contributed by atoms with Crippen LogP contribution in [0.5, 0.6) is 0 Å². The average molecular weight is 342 g/mol. The van der Waals surface area contributed by atoms with Crippen LogP contribution in [0.3, 0.4) is 0 Å². The molecule has 2 N–H and O–H groups in total. The molecule has 2 aliphatic heterocycles. The second-order valence-electron chi connectivity index (χ2n) is 7.18. The number of urea groups is 1. The predicted octanol–water partition coefficient (Wildman–Crippen LogP) is 0.509. The summed E-state index contributed by atoms with van der Waals surface area (Å²) in [5.74, 6) is 0. The van der Waals surface area contributed by atoms with E-state index in [1.165, 1.54) is 0 Å². The first-order valence-electron chi connectivity index (χ1n) is 9.22. The molecule has 24 heavy (non-hydrogen) atoms. The van der Waals surface area contributed by atoms with E-state index in [0.717, 1.165) is 78.5 Å². The van der Waals surface area contributed by atoms with Gasteiger partial charge in [0.15, 0.2) is 0 Å². The van der Waals surface area contributed by atoms with Crippen LogP contribution in [-0.4, -0.2) is 93.6 Å². The fourth-order valence-corrected chi connectivity index (χ4v) is 3.13. The maximum absolute atomic E-state index is 11.9. The third kappa shape index (κ3) is 6.93. The van der Waals surface area contributed by atoms with Gasteiger partial charge < -0.3 is 20.1 Å². The molecular weight excluding hydrogens is 308 g/mol. The monoisotopic (exact) mass is 342 g/mol. The van der Waals surface area contributed by atoms with Crippen molar-refractivity contribution in [3.63, 3.8) is 0 Å². The van der Waals surface area contributed by atoms with Crippen LogP contribution < -0.4 is 10.6 Å². The molecule has 2 heterocycles. The van der Waals surface area contributed by atoms with Crippen molar-refractivity contribution in [1.29, 1.82) is 0 Å². The minimum absolute atomic E-state index is 0.0442. The molecule has 0 bridgehead atoms. The van der Waals surface area contributed by atoms with Gasteiger partial charge >= 0.3 is 6.03 Å². The van der Waals surface area contributed by atoms with Crippen molar-refractivity contribution in [3.05, 3.63) is 0 Å². The van der Waals surface area contributed by atoms with E-state index < -0.39 is 0 Å². The van der Waals surface area contributed by atoms with Crippen LogP contribution in [-0.2, 0) is 9.47 Å². The van der Waals surface area contributed by atoms with E-state index in [0.29, 0.717) is 6.54 Å². The van der Waals surface area contributed by atoms with Crippen LogP contribution in [0.4, 0.5) is 4.79 Å². The number of morpholine rings is 2. The van der Waals surface area contributed by atoms with Crippen LogP contribution in [0.15, 0.2) is 0 Å². The molecule has 2 saturated heterocycles. The van der Waals surface area contributed by atoms with E-state index in [4.69, 9.17) is 9.47 Å². The summed E-state index contributed by atoms with van der Waals surface area (Å²) in [6.45, 7) is 14.0. The minimum Gasteiger partial charge on any atom is -0.379 e. The van der Waals surface area contributed by atoms with Gasteiger partial charge in [0.25, 0.3) is 0 Å². The fourth-order valence-electron chi connectivity index (χ4n) is 3.13. The molecular formula is C17H34N4O3. The molecule has 2 fully saturated rings. The van der Waals surface area contributed by atoms with Gasteiger partial charge in [0, 0.05) is 44.8 Å². The molecule has 0 radical (unpaired) electrons. The molecule has 140 valence electrons. The number of amides is 2. The van der Waals surface area contributed by atoms with Crippen molar-refractivity contribution >= 4 is 6.03 Å². The van der Waals surface area contributed by atoms with E-state index in [9.17, 15) is 4.79 Å². The number of hydrogen-bond donors (Lipinski definition) is 2. The highest BCUT2D eigenvalue weighted by Crippen LogP contribution is 2.14. The summed E-state index contributed by atoms with van der Waals surface area (Å²) in [7, 11) is 0. The zero-order chi connectivity index (χ0) is 17.3. The molecule has 0 aliphatic carbocycles. The molecule has 0 aromatic rings. The standard InChI is InChI=1S/C17H34N4O3/c1-17(2,21-9-13-24-14-10-21)15-19-16(22)18-5-3-4-6-20-7-11-23-12-8-20/h3-15H2,1-2H3,(H2,18,19,22). The Labute approximate surface area is 146 Å². The van der Waals surface area contributed by atoms with Crippen LogP contribution in [0.1, 0.15) is 26.7 Å². The Morgan fingerprint density at radius 2 is 1.58 bits per heavy atom. The van der Waals surface area contributed by atoms with E-state index >= 15 is 0 Å². The van der Waals surface area contributed by atoms with Crippen LogP contribution in [0, 0.1) is 0 Å². The van der Waals surface area contributed by atoms with Gasteiger partial charge in [0.2, 0.25) is 0 Å². The normalized spacial score (nSPS) is 20.8. The Morgan fingerprint density at radius 1 is 0.958 bits per heavy atom. The zero-order valence-electron chi connectivity index (χ0n) is 15.3. The van der Waals surface area contributed by atoms with Crippen molar-refractivity contribution in [2.45, 2.75) is 32.2 Å². The van der Waals surface area contributed by atoms with Crippen molar-refractivity contribution < 1.29 is 14.3 Å². The summed E-state index contributed by atoms with van der Waals surface area (Å²) in [6, 6.07) is -0.0669. The number of nitrogens with one attached hydrogen (secondary N) is 2. The lowest BCUT2D eigenvalue weighted by Gasteiger charge is -2.40. The fraction of sp³-hybridized carbons (Fsp3) is 0.941. The van der Waals surface area contributed by atoms with Gasteiger partial charge in [-0.05, 0) is 33.2 Å². The lowest BCUT2D eigenvalue weighted by Crippen LogP contribution is -2.56. The SMILES string of the molecule is CC(C)(CNC(=O)NCCCCN1CCOCC1)N1CCOCC1. The third-order valence-corrected chi connectivity index (χ3v) is 4.84. The highest BCUT2D eigenvalue weighted by Gasteiger charge is 2.28. The molecule has 0 aromatic heterocycles. The minimum atomic E-state index is -0.0669. The molecule has 0 aromatic carbocycles. The molecule has 0 spiro atoms. The Balaban J connectivity index is 1.51. The van der Waals surface area contributed by atoms with Crippen LogP contribution in [0.2, 0.25) is 0 Å². The number of hydrogen-bond acceptors (Lipinski definition) is 5. The number of carbonyl (C=O) groups excluding carboxylic acids is 1. The lowest BCUT2D eigenvalue weighted by molar-refractivity contribution is -0.00874. The molecule has 7 heteroatoms. The summed E-state index contributed by atoms with van der Waals surface area (Å²) in [5.41, 5.74) is -0.0442. The molecule has 2 amide bonds. The number of carbonyl (C=O) groups is 1. The molecule has 0 unspecified atom stereocenters. The zero-order valence-corrected chi connectivity index (χ0v) is 15.3. The first-order valence-corrected chi connectivity index (χ1v) is 9.22. The summed E-state index contributed by atoms with van der Waals surface area (Å²) in [4.78, 5) is 16.7. The topological polar surface area (TPSA) is 66.1 Å². The van der Waals surface area contributed by atoms with E-state index in [-0.39, 0.29) is 11.6 Å². The molecule has 2 rings (SSSR count). The highest BCUT2D eigenvalue weighted by molar-refractivity contribution is 5.73. The number of ether oxygens (including phenoxy) is 2. The van der Waals surface area contributed by atoms with Crippen molar-refractivity contribution in [2.75, 3.05) is 72.2 Å². The average Bonchev–Trinajstić information content (AvgIpc) is 2.61. The largest absolute Gasteiger partial charge is 0.379 e. The second-order valence-corrected chi connectivity index (χ2v) is 7.18. The van der Waals surface area contributed by atoms with Gasteiger partial charge in [-0.3, -0.25) is 9.80 Å². The first-order chi connectivity index (χ1) is 11.6. The number of unbranched alkanes of at least 4 members (excludes halogenated alkanes) is 1. The molecule has 0 saturated carbocycles. The van der Waals surface area contributed by atoms with Crippen molar-refractivity contribution in [2.24, 2.45) is 0 Å². The van der Waals surface area contributed by atoms with Gasteiger partial charge in [0.1, 0.15) is 0 Å². The van der Waals surface area contributed by atoms with E-state index in [1.54, 1.807) is 0 Å². The van der Waals surface area contributed by atoms with Crippen molar-refractivity contribution in [1.82, 2.24) is 20.4 Å². The third-order valence-electron chi connectivity index (χ3n) is 4.84. The van der Waals surface area contributed by atoms with Gasteiger partial charge in [0.05, 0.1) is 26.4 Å². The Kier molecular flexibility index (Phi) is 8.24. The van der Waals surface area contributed by atoms with E-state index in [1.807, 2.05) is 0 Å². The Hall–Kier alpha value is -0.890. The van der Waals surface area contributed by atoms with Gasteiger partial charge in [-0.15, -0.1) is 0 Å². The molecule has 7 nitrogen and oxygen atoms in total. The van der Waals surface area contributed by atoms with Crippen LogP contribution in [0.25, 0.3) is 0 Å². The smallest absolute Gasteiger partial charge is 0.314 e. The Bertz CT molecular complexity index is 367. The first kappa shape index (κ1) is 19.4. The van der Waals surface area contributed by atoms with E-state index in [2.05, 4.69) is 34.3 Å². The van der Waals surface area contributed by atoms with Gasteiger partial charge in [-0.25, -0.2) is 4.79 Å². The summed E-state index contributed by atoms with van der Waals surface area (Å²) in [6.07, 6.45) is 2.12. The lowest BCUT2D eigenvalue weighted by atomic mass is 10.0. The molecule has 2 aliphatic rings. The van der Waals surface area contributed by atoms with Gasteiger partial charge in [-0.2, -0.15) is 0 Å². The maximum atomic E-state index is 11.9. The predicted molar refractivity (Wildman–Crippen MR) is 94.4 cm³/mol. The summed E-state index contributed by atoms with van der Waals surface area (Å²) < 4.78 is 10.7. The summed E-state index contributed by atoms with van der Waals surface area (Å²) >= 11 is 0. The summed E-state index contributed by atoms with van der Waals surface area (Å²) in [5, 5.41) is 5.96. The number of rotatable bonds is 8.